The van der Waals surface area contributed by atoms with Crippen LogP contribution in [-0.4, -0.2) is 60.3 Å². The molecule has 0 aromatic carbocycles. The first-order valence-electron chi connectivity index (χ1n) is 8.63. The van der Waals surface area contributed by atoms with E-state index in [1.54, 1.807) is 19.0 Å². The van der Waals surface area contributed by atoms with Crippen LogP contribution in [0.4, 0.5) is 0 Å². The van der Waals surface area contributed by atoms with E-state index >= 15 is 0 Å². The second-order valence-corrected chi connectivity index (χ2v) is 8.23. The zero-order chi connectivity index (χ0) is 17.3. The Morgan fingerprint density at radius 3 is 2.88 bits per heavy atom. The van der Waals surface area contributed by atoms with Gasteiger partial charge >= 0.3 is 0 Å². The molecule has 7 heteroatoms. The third-order valence-electron chi connectivity index (χ3n) is 4.92. The lowest BCUT2D eigenvalue weighted by Crippen LogP contribution is -2.42. The Morgan fingerprint density at radius 1 is 1.33 bits per heavy atom. The van der Waals surface area contributed by atoms with Gasteiger partial charge in [0.2, 0.25) is 5.91 Å². The van der Waals surface area contributed by atoms with E-state index in [0.29, 0.717) is 5.01 Å². The van der Waals surface area contributed by atoms with Crippen molar-refractivity contribution in [1.29, 1.82) is 0 Å². The number of rotatable bonds is 3. The van der Waals surface area contributed by atoms with Gasteiger partial charge in [0.25, 0.3) is 5.91 Å². The molecule has 6 nitrogen and oxygen atoms in total. The Bertz CT molecular complexity index is 628. The van der Waals surface area contributed by atoms with Crippen molar-refractivity contribution >= 4 is 23.2 Å². The first-order valence-corrected chi connectivity index (χ1v) is 9.45. The molecule has 24 heavy (non-hydrogen) atoms. The van der Waals surface area contributed by atoms with Crippen LogP contribution >= 0.6 is 11.3 Å². The third-order valence-corrected chi connectivity index (χ3v) is 6.00. The van der Waals surface area contributed by atoms with Crippen LogP contribution in [0.2, 0.25) is 0 Å². The maximum absolute atomic E-state index is 12.6. The standard InChI is InChI=1S/C17H26N4O2S/c1-20(2)17(23)11-5-4-6-12(9-11)18-15(22)16-19-13-7-8-21(3)10-14(13)24-16/h11-12H,4-10H2,1-3H3,(H,18,22)/t11-,12?/m0/s1. The van der Waals surface area contributed by atoms with Crippen molar-refractivity contribution in [3.05, 3.63) is 15.6 Å². The fraction of sp³-hybridized carbons (Fsp3) is 0.706. The first kappa shape index (κ1) is 17.4. The molecule has 1 N–H and O–H groups in total. The maximum atomic E-state index is 12.6. The summed E-state index contributed by atoms with van der Waals surface area (Å²) in [5.41, 5.74) is 1.08. The molecule has 0 saturated heterocycles. The van der Waals surface area contributed by atoms with E-state index in [1.165, 1.54) is 16.2 Å². The fourth-order valence-electron chi connectivity index (χ4n) is 3.58. The Kier molecular flexibility index (Phi) is 5.20. The van der Waals surface area contributed by atoms with E-state index in [2.05, 4.69) is 22.2 Å². The normalized spacial score (nSPS) is 24.3. The van der Waals surface area contributed by atoms with Gasteiger partial charge in [-0.25, -0.2) is 4.98 Å². The molecule has 0 radical (unpaired) electrons. The van der Waals surface area contributed by atoms with Crippen LogP contribution in [-0.2, 0) is 17.8 Å². The van der Waals surface area contributed by atoms with Crippen molar-refractivity contribution in [3.8, 4) is 0 Å². The van der Waals surface area contributed by atoms with E-state index in [-0.39, 0.29) is 23.8 Å². The second-order valence-electron chi connectivity index (χ2n) is 7.14. The van der Waals surface area contributed by atoms with Crippen molar-refractivity contribution in [3.63, 3.8) is 0 Å². The summed E-state index contributed by atoms with van der Waals surface area (Å²) in [6, 6.07) is 0.0729. The summed E-state index contributed by atoms with van der Waals surface area (Å²) in [5.74, 6) is 0.110. The molecule has 132 valence electrons. The highest BCUT2D eigenvalue weighted by Crippen LogP contribution is 2.27. The van der Waals surface area contributed by atoms with Crippen LogP contribution in [0.25, 0.3) is 0 Å². The highest BCUT2D eigenvalue weighted by atomic mass is 32.1. The predicted octanol–water partition coefficient (Wildman–Crippen LogP) is 1.51. The molecule has 0 spiro atoms. The van der Waals surface area contributed by atoms with Gasteiger partial charge in [-0.3, -0.25) is 9.59 Å². The van der Waals surface area contributed by atoms with Crippen LogP contribution in [0.5, 0.6) is 0 Å². The quantitative estimate of drug-likeness (QED) is 0.897. The van der Waals surface area contributed by atoms with Gasteiger partial charge in [0.05, 0.1) is 5.69 Å². The molecule has 1 aliphatic heterocycles. The number of fused-ring (bicyclic) bond motifs is 1. The van der Waals surface area contributed by atoms with Gasteiger partial charge in [0.15, 0.2) is 5.01 Å². The molecule has 2 atom stereocenters. The topological polar surface area (TPSA) is 65.5 Å². The number of amides is 2. The van der Waals surface area contributed by atoms with E-state index in [4.69, 9.17) is 0 Å². The van der Waals surface area contributed by atoms with Gasteiger partial charge in [-0.05, 0) is 26.3 Å². The van der Waals surface area contributed by atoms with Crippen molar-refractivity contribution in [2.24, 2.45) is 5.92 Å². The maximum Gasteiger partial charge on any atom is 0.280 e. The van der Waals surface area contributed by atoms with Crippen molar-refractivity contribution in [1.82, 2.24) is 20.1 Å². The molecule has 1 saturated carbocycles. The summed E-state index contributed by atoms with van der Waals surface area (Å²) in [6.07, 6.45) is 4.49. The second kappa shape index (κ2) is 7.19. The van der Waals surface area contributed by atoms with Crippen molar-refractivity contribution < 1.29 is 9.59 Å². The summed E-state index contributed by atoms with van der Waals surface area (Å²) in [6.45, 7) is 1.87. The van der Waals surface area contributed by atoms with Gasteiger partial charge in [0.1, 0.15) is 0 Å². The van der Waals surface area contributed by atoms with Gasteiger partial charge in [-0.15, -0.1) is 11.3 Å². The minimum Gasteiger partial charge on any atom is -0.349 e. The van der Waals surface area contributed by atoms with E-state index in [9.17, 15) is 9.59 Å². The number of nitrogens with zero attached hydrogens (tertiary/aromatic N) is 3. The molecule has 1 unspecified atom stereocenters. The Hall–Kier alpha value is -1.47. The Morgan fingerprint density at radius 2 is 2.12 bits per heavy atom. The fourth-order valence-corrected chi connectivity index (χ4v) is 4.67. The van der Waals surface area contributed by atoms with Crippen LogP contribution in [0.1, 0.15) is 46.1 Å². The lowest BCUT2D eigenvalue weighted by atomic mass is 9.85. The SMILES string of the molecule is CN1CCc2nc(C(=O)NC3CCC[C@H](C(=O)N(C)C)C3)sc2C1. The van der Waals surface area contributed by atoms with Crippen LogP contribution in [0.15, 0.2) is 0 Å². The van der Waals surface area contributed by atoms with E-state index in [1.807, 2.05) is 0 Å². The predicted molar refractivity (Wildman–Crippen MR) is 94.1 cm³/mol. The summed E-state index contributed by atoms with van der Waals surface area (Å²) in [7, 11) is 5.68. The van der Waals surface area contributed by atoms with Gasteiger partial charge in [-0.2, -0.15) is 0 Å². The first-order chi connectivity index (χ1) is 11.4. The molecular weight excluding hydrogens is 324 g/mol. The summed E-state index contributed by atoms with van der Waals surface area (Å²) in [5, 5.41) is 3.67. The van der Waals surface area contributed by atoms with E-state index < -0.39 is 0 Å². The summed E-state index contributed by atoms with van der Waals surface area (Å²) in [4.78, 5) is 34.4. The van der Waals surface area contributed by atoms with Crippen molar-refractivity contribution in [2.75, 3.05) is 27.7 Å². The molecule has 1 aromatic heterocycles. The molecule has 2 heterocycles. The molecular formula is C17H26N4O2S. The van der Waals surface area contributed by atoms with Crippen molar-refractivity contribution in [2.45, 2.75) is 44.7 Å². The zero-order valence-corrected chi connectivity index (χ0v) is 15.5. The van der Waals surface area contributed by atoms with Gasteiger partial charge < -0.3 is 15.1 Å². The summed E-state index contributed by atoms with van der Waals surface area (Å²) < 4.78 is 0. The molecule has 3 rings (SSSR count). The summed E-state index contributed by atoms with van der Waals surface area (Å²) >= 11 is 1.51. The Labute approximate surface area is 147 Å². The number of likely N-dealkylation sites (N-methyl/N-ethyl adjacent to an activating group) is 1. The molecule has 1 aliphatic carbocycles. The molecule has 1 aromatic rings. The molecule has 1 fully saturated rings. The molecule has 0 bridgehead atoms. The number of carbonyl (C=O) groups is 2. The number of hydrogen-bond donors (Lipinski definition) is 1. The average molecular weight is 350 g/mol. The largest absolute Gasteiger partial charge is 0.349 e. The van der Waals surface area contributed by atoms with Crippen LogP contribution in [0, 0.1) is 5.92 Å². The number of nitrogens with one attached hydrogen (secondary N) is 1. The zero-order valence-electron chi connectivity index (χ0n) is 14.7. The van der Waals surface area contributed by atoms with Gasteiger partial charge in [-0.1, -0.05) is 6.42 Å². The number of thiazole rings is 1. The van der Waals surface area contributed by atoms with Crippen LogP contribution in [0.3, 0.4) is 0 Å². The lowest BCUT2D eigenvalue weighted by Gasteiger charge is -2.30. The Balaban J connectivity index is 1.61. The number of hydrogen-bond acceptors (Lipinski definition) is 5. The third kappa shape index (κ3) is 3.78. The minimum atomic E-state index is -0.0833. The monoisotopic (exact) mass is 350 g/mol. The highest BCUT2D eigenvalue weighted by molar-refractivity contribution is 7.13. The number of aromatic nitrogens is 1. The van der Waals surface area contributed by atoms with E-state index in [0.717, 1.165) is 50.9 Å². The smallest absolute Gasteiger partial charge is 0.280 e. The minimum absolute atomic E-state index is 0.0252. The van der Waals surface area contributed by atoms with Crippen LogP contribution < -0.4 is 5.32 Å². The average Bonchev–Trinajstić information content (AvgIpc) is 2.97. The highest BCUT2D eigenvalue weighted by Gasteiger charge is 2.30. The lowest BCUT2D eigenvalue weighted by molar-refractivity contribution is -0.134. The molecule has 2 aliphatic rings. The molecule has 2 amide bonds. The van der Waals surface area contributed by atoms with Gasteiger partial charge in [0, 0.05) is 50.4 Å². The number of carbonyl (C=O) groups excluding carboxylic acids is 2.